The molecule has 0 spiro atoms. The number of methoxy groups -OCH3 is 1. The molecule has 0 saturated heterocycles. The lowest BCUT2D eigenvalue weighted by Crippen LogP contribution is -2.21. The van der Waals surface area contributed by atoms with E-state index in [1.165, 1.54) is 12.8 Å². The van der Waals surface area contributed by atoms with Gasteiger partial charge in [0.15, 0.2) is 0 Å². The summed E-state index contributed by atoms with van der Waals surface area (Å²) in [5, 5.41) is 4.32. The Balaban J connectivity index is 2.01. The van der Waals surface area contributed by atoms with E-state index in [4.69, 9.17) is 10.5 Å². The molecule has 1 unspecified atom stereocenters. The summed E-state index contributed by atoms with van der Waals surface area (Å²) in [5.41, 5.74) is 7.38. The summed E-state index contributed by atoms with van der Waals surface area (Å²) >= 11 is 0. The van der Waals surface area contributed by atoms with Gasteiger partial charge in [-0.2, -0.15) is 5.10 Å². The first-order chi connectivity index (χ1) is 6.70. The minimum atomic E-state index is 0.300. The number of anilines is 1. The van der Waals surface area contributed by atoms with E-state index in [0.717, 1.165) is 23.8 Å². The van der Waals surface area contributed by atoms with Gasteiger partial charge in [0.25, 0.3) is 0 Å². The summed E-state index contributed by atoms with van der Waals surface area (Å²) in [6.07, 6.45) is 4.75. The Morgan fingerprint density at radius 2 is 2.43 bits per heavy atom. The third kappa shape index (κ3) is 1.90. The van der Waals surface area contributed by atoms with Crippen LogP contribution in [-0.2, 0) is 11.3 Å². The van der Waals surface area contributed by atoms with Crippen LogP contribution in [0.4, 0.5) is 5.69 Å². The zero-order valence-corrected chi connectivity index (χ0v) is 8.73. The summed E-state index contributed by atoms with van der Waals surface area (Å²) in [6.45, 7) is 2.74. The highest BCUT2D eigenvalue weighted by molar-refractivity contribution is 5.39. The predicted molar refractivity (Wildman–Crippen MR) is 54.9 cm³/mol. The molecule has 1 heterocycles. The number of rotatable bonds is 4. The highest BCUT2D eigenvalue weighted by atomic mass is 16.5. The molecule has 0 bridgehead atoms. The molecular formula is C10H17N3O. The van der Waals surface area contributed by atoms with E-state index < -0.39 is 0 Å². The van der Waals surface area contributed by atoms with Gasteiger partial charge in [-0.05, 0) is 25.7 Å². The standard InChI is InChI=1S/C10H17N3O/c1-7-9(11)5-13(12-7)6-10(14-2)8-3-4-8/h5,8,10H,3-4,6,11H2,1-2H3. The molecule has 0 radical (unpaired) electrons. The van der Waals surface area contributed by atoms with E-state index in [2.05, 4.69) is 5.10 Å². The van der Waals surface area contributed by atoms with Crippen LogP contribution in [0, 0.1) is 12.8 Å². The van der Waals surface area contributed by atoms with Gasteiger partial charge < -0.3 is 10.5 Å². The SMILES string of the molecule is COC(Cn1cc(N)c(C)n1)C1CC1. The Hall–Kier alpha value is -1.03. The molecule has 1 aliphatic rings. The lowest BCUT2D eigenvalue weighted by Gasteiger charge is -2.13. The number of hydrogen-bond donors (Lipinski definition) is 1. The average Bonchev–Trinajstić information content (AvgIpc) is 2.92. The van der Waals surface area contributed by atoms with Gasteiger partial charge in [-0.15, -0.1) is 0 Å². The lowest BCUT2D eigenvalue weighted by molar-refractivity contribution is 0.0668. The van der Waals surface area contributed by atoms with E-state index in [-0.39, 0.29) is 0 Å². The van der Waals surface area contributed by atoms with Crippen LogP contribution in [0.3, 0.4) is 0 Å². The van der Waals surface area contributed by atoms with Gasteiger partial charge in [0, 0.05) is 13.3 Å². The molecule has 1 aromatic rings. The van der Waals surface area contributed by atoms with Crippen molar-refractivity contribution in [1.82, 2.24) is 9.78 Å². The van der Waals surface area contributed by atoms with E-state index in [1.807, 2.05) is 17.8 Å². The molecule has 78 valence electrons. The quantitative estimate of drug-likeness (QED) is 0.785. The van der Waals surface area contributed by atoms with Crippen molar-refractivity contribution >= 4 is 5.69 Å². The van der Waals surface area contributed by atoms with Crippen LogP contribution in [0.25, 0.3) is 0 Å². The minimum Gasteiger partial charge on any atom is -0.396 e. The molecule has 1 aliphatic carbocycles. The second-order valence-electron chi connectivity index (χ2n) is 4.00. The molecule has 1 fully saturated rings. The highest BCUT2D eigenvalue weighted by Crippen LogP contribution is 2.34. The Labute approximate surface area is 84.0 Å². The fourth-order valence-electron chi connectivity index (χ4n) is 1.70. The van der Waals surface area contributed by atoms with Gasteiger partial charge in [-0.25, -0.2) is 0 Å². The number of ether oxygens (including phenoxy) is 1. The smallest absolute Gasteiger partial charge is 0.0822 e. The van der Waals surface area contributed by atoms with Crippen LogP contribution in [0.1, 0.15) is 18.5 Å². The molecule has 2 N–H and O–H groups in total. The van der Waals surface area contributed by atoms with Crippen molar-refractivity contribution in [3.05, 3.63) is 11.9 Å². The molecule has 1 saturated carbocycles. The number of hydrogen-bond acceptors (Lipinski definition) is 3. The zero-order valence-electron chi connectivity index (χ0n) is 8.73. The summed E-state index contributed by atoms with van der Waals surface area (Å²) < 4.78 is 7.31. The van der Waals surface area contributed by atoms with Crippen molar-refractivity contribution in [2.75, 3.05) is 12.8 Å². The number of nitrogens with zero attached hydrogens (tertiary/aromatic N) is 2. The summed E-state index contributed by atoms with van der Waals surface area (Å²) in [5.74, 6) is 0.728. The molecule has 0 aliphatic heterocycles. The average molecular weight is 195 g/mol. The molecule has 2 rings (SSSR count). The highest BCUT2D eigenvalue weighted by Gasteiger charge is 2.31. The second-order valence-corrected chi connectivity index (χ2v) is 4.00. The Morgan fingerprint density at radius 1 is 1.71 bits per heavy atom. The normalized spacial score (nSPS) is 18.4. The molecule has 4 nitrogen and oxygen atoms in total. The van der Waals surface area contributed by atoms with Gasteiger partial charge in [0.1, 0.15) is 0 Å². The van der Waals surface area contributed by atoms with Crippen LogP contribution in [0.2, 0.25) is 0 Å². The van der Waals surface area contributed by atoms with Crippen LogP contribution in [0.5, 0.6) is 0 Å². The van der Waals surface area contributed by atoms with Crippen LogP contribution < -0.4 is 5.73 Å². The monoisotopic (exact) mass is 195 g/mol. The lowest BCUT2D eigenvalue weighted by atomic mass is 10.2. The number of nitrogen functional groups attached to an aromatic ring is 1. The fraction of sp³-hybridized carbons (Fsp3) is 0.700. The van der Waals surface area contributed by atoms with Gasteiger partial charge in [-0.1, -0.05) is 0 Å². The molecular weight excluding hydrogens is 178 g/mol. The van der Waals surface area contributed by atoms with Crippen LogP contribution in [-0.4, -0.2) is 23.0 Å². The van der Waals surface area contributed by atoms with Crippen molar-refractivity contribution in [2.24, 2.45) is 5.92 Å². The zero-order chi connectivity index (χ0) is 10.1. The van der Waals surface area contributed by atoms with Gasteiger partial charge in [0.2, 0.25) is 0 Å². The van der Waals surface area contributed by atoms with Crippen molar-refractivity contribution in [3.63, 3.8) is 0 Å². The first kappa shape index (κ1) is 9.52. The van der Waals surface area contributed by atoms with Gasteiger partial charge in [0.05, 0.1) is 24.0 Å². The van der Waals surface area contributed by atoms with Crippen LogP contribution >= 0.6 is 0 Å². The summed E-state index contributed by atoms with van der Waals surface area (Å²) in [4.78, 5) is 0. The molecule has 0 aromatic carbocycles. The Morgan fingerprint density at radius 3 is 2.86 bits per heavy atom. The maximum absolute atomic E-state index is 5.73. The molecule has 14 heavy (non-hydrogen) atoms. The maximum atomic E-state index is 5.73. The van der Waals surface area contributed by atoms with Crippen LogP contribution in [0.15, 0.2) is 6.20 Å². The predicted octanol–water partition coefficient (Wildman–Crippen LogP) is 1.20. The third-order valence-corrected chi connectivity index (χ3v) is 2.80. The Bertz CT molecular complexity index is 298. The number of nitrogens with two attached hydrogens (primary N) is 1. The first-order valence-electron chi connectivity index (χ1n) is 5.03. The minimum absolute atomic E-state index is 0.300. The fourth-order valence-corrected chi connectivity index (χ4v) is 1.70. The van der Waals surface area contributed by atoms with Crippen molar-refractivity contribution in [1.29, 1.82) is 0 Å². The van der Waals surface area contributed by atoms with E-state index >= 15 is 0 Å². The van der Waals surface area contributed by atoms with Gasteiger partial charge in [-0.3, -0.25) is 4.68 Å². The summed E-state index contributed by atoms with van der Waals surface area (Å²) in [6, 6.07) is 0. The van der Waals surface area contributed by atoms with E-state index in [0.29, 0.717) is 6.10 Å². The Kier molecular flexibility index (Phi) is 2.46. The van der Waals surface area contributed by atoms with Crippen molar-refractivity contribution in [3.8, 4) is 0 Å². The topological polar surface area (TPSA) is 53.1 Å². The summed E-state index contributed by atoms with van der Waals surface area (Å²) in [7, 11) is 1.77. The van der Waals surface area contributed by atoms with E-state index in [1.54, 1.807) is 7.11 Å². The van der Waals surface area contributed by atoms with E-state index in [9.17, 15) is 0 Å². The largest absolute Gasteiger partial charge is 0.396 e. The second kappa shape index (κ2) is 3.61. The van der Waals surface area contributed by atoms with Crippen molar-refractivity contribution < 1.29 is 4.74 Å². The van der Waals surface area contributed by atoms with Gasteiger partial charge >= 0.3 is 0 Å². The maximum Gasteiger partial charge on any atom is 0.0822 e. The molecule has 1 aromatic heterocycles. The van der Waals surface area contributed by atoms with Crippen molar-refractivity contribution in [2.45, 2.75) is 32.4 Å². The number of aromatic nitrogens is 2. The number of aryl methyl sites for hydroxylation is 1. The first-order valence-corrected chi connectivity index (χ1v) is 5.03. The third-order valence-electron chi connectivity index (χ3n) is 2.80. The molecule has 1 atom stereocenters. The molecule has 0 amide bonds. The molecule has 4 heteroatoms.